The number of benzene rings is 2. The summed E-state index contributed by atoms with van der Waals surface area (Å²) in [7, 11) is -2.25. The fraction of sp³-hybridized carbons (Fsp3) is 0.286. The maximum absolute atomic E-state index is 13.3. The maximum atomic E-state index is 13.3. The lowest BCUT2D eigenvalue weighted by Gasteiger charge is -2.36. The fourth-order valence-corrected chi connectivity index (χ4v) is 5.36. The van der Waals surface area contributed by atoms with Crippen molar-refractivity contribution < 1.29 is 17.7 Å². The molecule has 158 valence electrons. The second-order valence-electron chi connectivity index (χ2n) is 7.06. The quantitative estimate of drug-likeness (QED) is 0.591. The number of methoxy groups -OCH3 is 1. The lowest BCUT2D eigenvalue weighted by molar-refractivity contribution is 0.374. The third kappa shape index (κ3) is 3.90. The molecule has 1 aliphatic rings. The number of rotatable bonds is 5. The number of ether oxygens (including phenoxy) is 1. The summed E-state index contributed by atoms with van der Waals surface area (Å²) >= 11 is 6.14. The summed E-state index contributed by atoms with van der Waals surface area (Å²) in [5, 5.41) is 4.36. The molecule has 7 nitrogen and oxygen atoms in total. The van der Waals surface area contributed by atoms with Crippen molar-refractivity contribution in [2.24, 2.45) is 0 Å². The van der Waals surface area contributed by atoms with Crippen LogP contribution in [0.4, 0.5) is 5.69 Å². The van der Waals surface area contributed by atoms with E-state index in [9.17, 15) is 8.42 Å². The maximum Gasteiger partial charge on any atom is 0.246 e. The number of anilines is 1. The largest absolute Gasteiger partial charge is 0.495 e. The molecule has 1 saturated heterocycles. The summed E-state index contributed by atoms with van der Waals surface area (Å²) in [6.07, 6.45) is 1.54. The van der Waals surface area contributed by atoms with E-state index in [4.69, 9.17) is 20.9 Å². The van der Waals surface area contributed by atoms with Gasteiger partial charge < -0.3 is 14.2 Å². The van der Waals surface area contributed by atoms with E-state index < -0.39 is 10.0 Å². The van der Waals surface area contributed by atoms with Crippen LogP contribution in [0.1, 0.15) is 5.56 Å². The highest BCUT2D eigenvalue weighted by atomic mass is 35.5. The van der Waals surface area contributed by atoms with Gasteiger partial charge >= 0.3 is 0 Å². The molecule has 1 aliphatic heterocycles. The summed E-state index contributed by atoms with van der Waals surface area (Å²) in [6, 6.07) is 12.4. The van der Waals surface area contributed by atoms with Crippen molar-refractivity contribution in [3.8, 4) is 17.1 Å². The van der Waals surface area contributed by atoms with Crippen molar-refractivity contribution in [1.82, 2.24) is 9.46 Å². The molecule has 0 aliphatic carbocycles. The van der Waals surface area contributed by atoms with Crippen molar-refractivity contribution in [2.75, 3.05) is 38.2 Å². The predicted molar refractivity (Wildman–Crippen MR) is 116 cm³/mol. The summed E-state index contributed by atoms with van der Waals surface area (Å²) in [5.74, 6) is 0.819. The molecule has 30 heavy (non-hydrogen) atoms. The molecule has 4 rings (SSSR count). The predicted octanol–water partition coefficient (Wildman–Crippen LogP) is 3.82. The molecule has 3 aromatic rings. The van der Waals surface area contributed by atoms with Crippen LogP contribution in [0.3, 0.4) is 0 Å². The van der Waals surface area contributed by atoms with Crippen LogP contribution in [-0.2, 0) is 10.0 Å². The summed E-state index contributed by atoms with van der Waals surface area (Å²) in [5.41, 5.74) is 2.85. The molecule has 9 heteroatoms. The van der Waals surface area contributed by atoms with Crippen LogP contribution in [0.15, 0.2) is 58.1 Å². The Hall–Kier alpha value is -2.55. The van der Waals surface area contributed by atoms with Crippen LogP contribution in [0.25, 0.3) is 11.3 Å². The third-order valence-corrected chi connectivity index (χ3v) is 7.43. The van der Waals surface area contributed by atoms with Crippen LogP contribution in [0.5, 0.6) is 5.75 Å². The Morgan fingerprint density at radius 2 is 1.83 bits per heavy atom. The molecule has 0 spiro atoms. The lowest BCUT2D eigenvalue weighted by atomic mass is 10.1. The smallest absolute Gasteiger partial charge is 0.246 e. The topological polar surface area (TPSA) is 75.9 Å². The minimum Gasteiger partial charge on any atom is -0.495 e. The van der Waals surface area contributed by atoms with E-state index in [0.29, 0.717) is 42.5 Å². The molecular formula is C21H22ClN3O4S. The number of nitrogens with zero attached hydrogens (tertiary/aromatic N) is 3. The second kappa shape index (κ2) is 8.29. The molecule has 0 atom stereocenters. The molecule has 2 aromatic carbocycles. The Balaban J connectivity index is 1.55. The highest BCUT2D eigenvalue weighted by molar-refractivity contribution is 7.89. The van der Waals surface area contributed by atoms with Crippen molar-refractivity contribution in [1.29, 1.82) is 0 Å². The first-order chi connectivity index (χ1) is 14.4. The van der Waals surface area contributed by atoms with Gasteiger partial charge in [-0.25, -0.2) is 8.42 Å². The number of hydrogen-bond acceptors (Lipinski definition) is 6. The molecule has 0 amide bonds. The van der Waals surface area contributed by atoms with E-state index in [2.05, 4.69) is 10.1 Å². The zero-order valence-corrected chi connectivity index (χ0v) is 18.3. The average molecular weight is 448 g/mol. The Morgan fingerprint density at radius 3 is 2.50 bits per heavy atom. The number of aryl methyl sites for hydroxylation is 1. The van der Waals surface area contributed by atoms with Crippen molar-refractivity contribution >= 4 is 27.3 Å². The van der Waals surface area contributed by atoms with E-state index in [0.717, 1.165) is 11.3 Å². The van der Waals surface area contributed by atoms with Gasteiger partial charge in [-0.05, 0) is 42.8 Å². The summed E-state index contributed by atoms with van der Waals surface area (Å²) in [4.78, 5) is 2.30. The van der Waals surface area contributed by atoms with Crippen LogP contribution in [-0.4, -0.2) is 51.2 Å². The van der Waals surface area contributed by atoms with Gasteiger partial charge in [-0.15, -0.1) is 0 Å². The Labute approximate surface area is 180 Å². The average Bonchev–Trinajstić information content (AvgIpc) is 3.30. The van der Waals surface area contributed by atoms with E-state index >= 15 is 0 Å². The molecule has 1 aromatic heterocycles. The minimum atomic E-state index is -3.70. The molecule has 0 radical (unpaired) electrons. The second-order valence-corrected chi connectivity index (χ2v) is 9.41. The number of piperazine rings is 1. The molecule has 0 N–H and O–H groups in total. The highest BCUT2D eigenvalue weighted by Crippen LogP contribution is 2.33. The van der Waals surface area contributed by atoms with Crippen LogP contribution in [0.2, 0.25) is 5.02 Å². The zero-order chi connectivity index (χ0) is 21.3. The van der Waals surface area contributed by atoms with Gasteiger partial charge in [0.15, 0.2) is 5.76 Å². The van der Waals surface area contributed by atoms with Gasteiger partial charge in [0, 0.05) is 48.5 Å². The molecular weight excluding hydrogens is 426 g/mol. The van der Waals surface area contributed by atoms with Crippen LogP contribution >= 0.6 is 11.6 Å². The zero-order valence-electron chi connectivity index (χ0n) is 16.7. The first-order valence-electron chi connectivity index (χ1n) is 9.50. The van der Waals surface area contributed by atoms with Crippen LogP contribution in [0, 0.1) is 6.92 Å². The van der Waals surface area contributed by atoms with E-state index in [1.807, 2.05) is 25.1 Å². The fourth-order valence-electron chi connectivity index (χ4n) is 3.63. The summed E-state index contributed by atoms with van der Waals surface area (Å²) in [6.45, 7) is 3.94. The monoisotopic (exact) mass is 447 g/mol. The third-order valence-electron chi connectivity index (χ3n) is 5.25. The number of halogens is 1. The van der Waals surface area contributed by atoms with Gasteiger partial charge in [-0.3, -0.25) is 0 Å². The standard InChI is InChI=1S/C21H22ClN3O4S/c1-15-3-5-17(22)14-18(15)24-9-11-25(12-10-24)30(26,27)21-6-4-16(13-20(21)28-2)19-7-8-23-29-19/h3-8,13-14H,9-12H2,1-2H3. The molecule has 2 heterocycles. The van der Waals surface area contributed by atoms with Gasteiger partial charge in [-0.1, -0.05) is 22.8 Å². The number of hydrogen-bond donors (Lipinski definition) is 0. The molecule has 0 saturated carbocycles. The van der Waals surface area contributed by atoms with Gasteiger partial charge in [0.2, 0.25) is 10.0 Å². The van der Waals surface area contributed by atoms with E-state index in [1.54, 1.807) is 24.3 Å². The molecule has 0 bridgehead atoms. The molecule has 0 unspecified atom stereocenters. The van der Waals surface area contributed by atoms with Crippen molar-refractivity contribution in [2.45, 2.75) is 11.8 Å². The van der Waals surface area contributed by atoms with Gasteiger partial charge in [0.1, 0.15) is 10.6 Å². The normalized spacial score (nSPS) is 15.4. The molecule has 1 fully saturated rings. The highest BCUT2D eigenvalue weighted by Gasteiger charge is 2.31. The first kappa shape index (κ1) is 20.7. The van der Waals surface area contributed by atoms with E-state index in [1.165, 1.54) is 17.6 Å². The van der Waals surface area contributed by atoms with Crippen molar-refractivity contribution in [3.63, 3.8) is 0 Å². The minimum absolute atomic E-state index is 0.139. The Kier molecular flexibility index (Phi) is 5.73. The number of sulfonamides is 1. The Bertz CT molecular complexity index is 1140. The number of aromatic nitrogens is 1. The Morgan fingerprint density at radius 1 is 1.07 bits per heavy atom. The summed E-state index contributed by atoms with van der Waals surface area (Å²) < 4.78 is 38.6. The van der Waals surface area contributed by atoms with Crippen LogP contribution < -0.4 is 9.64 Å². The van der Waals surface area contributed by atoms with Gasteiger partial charge in [0.25, 0.3) is 0 Å². The van der Waals surface area contributed by atoms with E-state index in [-0.39, 0.29) is 10.6 Å². The van der Waals surface area contributed by atoms with Crippen molar-refractivity contribution in [3.05, 3.63) is 59.2 Å². The van der Waals surface area contributed by atoms with Gasteiger partial charge in [-0.2, -0.15) is 4.31 Å². The van der Waals surface area contributed by atoms with Gasteiger partial charge in [0.05, 0.1) is 13.3 Å². The lowest BCUT2D eigenvalue weighted by Crippen LogP contribution is -2.48. The SMILES string of the molecule is COc1cc(-c2ccno2)ccc1S(=O)(=O)N1CCN(c2cc(Cl)ccc2C)CC1. The first-order valence-corrected chi connectivity index (χ1v) is 11.3.